The van der Waals surface area contributed by atoms with Gasteiger partial charge < -0.3 is 10.0 Å². The third kappa shape index (κ3) is 2.25. The predicted octanol–water partition coefficient (Wildman–Crippen LogP) is 2.76. The molecule has 1 aliphatic rings. The summed E-state index contributed by atoms with van der Waals surface area (Å²) in [7, 11) is 1.82. The summed E-state index contributed by atoms with van der Waals surface area (Å²) in [4.78, 5) is 13.0. The van der Waals surface area contributed by atoms with Gasteiger partial charge >= 0.3 is 5.97 Å². The molecule has 0 spiro atoms. The van der Waals surface area contributed by atoms with Gasteiger partial charge in [-0.15, -0.1) is 0 Å². The molecule has 0 heterocycles. The molecule has 0 radical (unpaired) electrons. The molecule has 1 aromatic carbocycles. The van der Waals surface area contributed by atoms with E-state index >= 15 is 0 Å². The minimum Gasteiger partial charge on any atom is -0.478 e. The Morgan fingerprint density at radius 3 is 2.71 bits per heavy atom. The third-order valence-electron chi connectivity index (χ3n) is 3.50. The average molecular weight is 237 g/mol. The van der Waals surface area contributed by atoms with E-state index in [4.69, 9.17) is 5.11 Å². The first kappa shape index (κ1) is 11.9. The molecule has 0 saturated heterocycles. The molecule has 1 N–H and O–H groups in total. The van der Waals surface area contributed by atoms with Gasteiger partial charge in [0.05, 0.1) is 5.69 Å². The lowest BCUT2D eigenvalue weighted by atomic mass is 10.1. The SMILES string of the molecule is CC(C1CC1)N(C)c1cccc(F)c1C(=O)O. The second-order valence-electron chi connectivity index (χ2n) is 4.63. The molecule has 1 saturated carbocycles. The maximum absolute atomic E-state index is 13.5. The number of nitrogens with zero attached hydrogens (tertiary/aromatic N) is 1. The van der Waals surface area contributed by atoms with E-state index in [0.29, 0.717) is 11.6 Å². The van der Waals surface area contributed by atoms with Gasteiger partial charge in [-0.2, -0.15) is 0 Å². The van der Waals surface area contributed by atoms with Crippen LogP contribution in [0.25, 0.3) is 0 Å². The van der Waals surface area contributed by atoms with E-state index in [0.717, 1.165) is 0 Å². The zero-order valence-electron chi connectivity index (χ0n) is 9.98. The van der Waals surface area contributed by atoms with Gasteiger partial charge in [0, 0.05) is 13.1 Å². The quantitative estimate of drug-likeness (QED) is 0.875. The van der Waals surface area contributed by atoms with Gasteiger partial charge in [-0.25, -0.2) is 9.18 Å². The van der Waals surface area contributed by atoms with Crippen LogP contribution in [0, 0.1) is 11.7 Å². The smallest absolute Gasteiger partial charge is 0.340 e. The van der Waals surface area contributed by atoms with Gasteiger partial charge in [0.2, 0.25) is 0 Å². The van der Waals surface area contributed by atoms with Crippen LogP contribution in [-0.2, 0) is 0 Å². The largest absolute Gasteiger partial charge is 0.478 e. The van der Waals surface area contributed by atoms with Crippen molar-refractivity contribution in [2.75, 3.05) is 11.9 Å². The molecule has 1 aromatic rings. The van der Waals surface area contributed by atoms with Crippen molar-refractivity contribution in [1.29, 1.82) is 0 Å². The molecule has 17 heavy (non-hydrogen) atoms. The molecular formula is C13H16FNO2. The number of hydrogen-bond acceptors (Lipinski definition) is 2. The Bertz CT molecular complexity index is 443. The number of anilines is 1. The molecule has 0 bridgehead atoms. The number of carboxylic acids is 1. The van der Waals surface area contributed by atoms with Crippen LogP contribution in [-0.4, -0.2) is 24.2 Å². The van der Waals surface area contributed by atoms with E-state index in [-0.39, 0.29) is 11.6 Å². The Kier molecular flexibility index (Phi) is 3.05. The topological polar surface area (TPSA) is 40.5 Å². The molecular weight excluding hydrogens is 221 g/mol. The highest BCUT2D eigenvalue weighted by atomic mass is 19.1. The van der Waals surface area contributed by atoms with Crippen LogP contribution in [0.3, 0.4) is 0 Å². The second kappa shape index (κ2) is 4.35. The van der Waals surface area contributed by atoms with Crippen molar-refractivity contribution >= 4 is 11.7 Å². The normalized spacial score (nSPS) is 16.6. The fraction of sp³-hybridized carbons (Fsp3) is 0.462. The van der Waals surface area contributed by atoms with Crippen molar-refractivity contribution in [3.8, 4) is 0 Å². The summed E-state index contributed by atoms with van der Waals surface area (Å²) < 4.78 is 13.5. The van der Waals surface area contributed by atoms with Crippen molar-refractivity contribution in [1.82, 2.24) is 0 Å². The van der Waals surface area contributed by atoms with E-state index in [1.165, 1.54) is 18.9 Å². The molecule has 1 aliphatic carbocycles. The molecule has 0 amide bonds. The Hall–Kier alpha value is -1.58. The van der Waals surface area contributed by atoms with Gasteiger partial charge in [-0.05, 0) is 37.8 Å². The molecule has 92 valence electrons. The Balaban J connectivity index is 2.36. The number of rotatable bonds is 4. The van der Waals surface area contributed by atoms with Crippen molar-refractivity contribution in [2.45, 2.75) is 25.8 Å². The fourth-order valence-electron chi connectivity index (χ4n) is 2.13. The highest BCUT2D eigenvalue weighted by Gasteiger charge is 2.32. The Labute approximate surface area is 99.9 Å². The average Bonchev–Trinajstić information content (AvgIpc) is 3.10. The monoisotopic (exact) mass is 237 g/mol. The van der Waals surface area contributed by atoms with Gasteiger partial charge in [-0.3, -0.25) is 0 Å². The van der Waals surface area contributed by atoms with Gasteiger partial charge in [0.1, 0.15) is 11.4 Å². The molecule has 1 fully saturated rings. The van der Waals surface area contributed by atoms with Crippen LogP contribution in [0.15, 0.2) is 18.2 Å². The highest BCUT2D eigenvalue weighted by molar-refractivity contribution is 5.94. The molecule has 3 nitrogen and oxygen atoms in total. The number of carboxylic acid groups (broad SMARTS) is 1. The molecule has 2 rings (SSSR count). The van der Waals surface area contributed by atoms with Gasteiger partial charge in [0.25, 0.3) is 0 Å². The van der Waals surface area contributed by atoms with E-state index in [1.54, 1.807) is 12.1 Å². The van der Waals surface area contributed by atoms with E-state index < -0.39 is 11.8 Å². The molecule has 4 heteroatoms. The van der Waals surface area contributed by atoms with E-state index in [9.17, 15) is 9.18 Å². The summed E-state index contributed by atoms with van der Waals surface area (Å²) in [6.07, 6.45) is 2.34. The predicted molar refractivity (Wildman–Crippen MR) is 63.9 cm³/mol. The molecule has 0 aliphatic heterocycles. The van der Waals surface area contributed by atoms with Crippen molar-refractivity contribution in [3.05, 3.63) is 29.6 Å². The minimum atomic E-state index is -1.21. The summed E-state index contributed by atoms with van der Waals surface area (Å²) in [5.74, 6) is -1.29. The van der Waals surface area contributed by atoms with Crippen LogP contribution < -0.4 is 4.90 Å². The molecule has 0 aromatic heterocycles. The summed E-state index contributed by atoms with van der Waals surface area (Å²) in [6, 6.07) is 4.64. The number of aromatic carboxylic acids is 1. The lowest BCUT2D eigenvalue weighted by Crippen LogP contribution is -2.32. The Morgan fingerprint density at radius 1 is 1.53 bits per heavy atom. The van der Waals surface area contributed by atoms with Crippen molar-refractivity contribution < 1.29 is 14.3 Å². The maximum Gasteiger partial charge on any atom is 0.340 e. The zero-order valence-corrected chi connectivity index (χ0v) is 9.98. The third-order valence-corrected chi connectivity index (χ3v) is 3.50. The summed E-state index contributed by atoms with van der Waals surface area (Å²) in [5.41, 5.74) is 0.222. The fourth-order valence-corrected chi connectivity index (χ4v) is 2.13. The van der Waals surface area contributed by atoms with Crippen LogP contribution in [0.1, 0.15) is 30.1 Å². The highest BCUT2D eigenvalue weighted by Crippen LogP contribution is 2.37. The van der Waals surface area contributed by atoms with Gasteiger partial charge in [0.15, 0.2) is 0 Å². The first-order chi connectivity index (χ1) is 8.02. The standard InChI is InChI=1S/C13H16FNO2/c1-8(9-6-7-9)15(2)11-5-3-4-10(14)12(11)13(16)17/h3-5,8-9H,6-7H2,1-2H3,(H,16,17). The van der Waals surface area contributed by atoms with Gasteiger partial charge in [-0.1, -0.05) is 6.07 Å². The lowest BCUT2D eigenvalue weighted by molar-refractivity contribution is 0.0692. The van der Waals surface area contributed by atoms with Crippen LogP contribution in [0.4, 0.5) is 10.1 Å². The number of benzene rings is 1. The number of carbonyl (C=O) groups is 1. The molecule has 1 atom stereocenters. The zero-order chi connectivity index (χ0) is 12.6. The molecule has 1 unspecified atom stereocenters. The van der Waals surface area contributed by atoms with E-state index in [2.05, 4.69) is 0 Å². The van der Waals surface area contributed by atoms with Crippen molar-refractivity contribution in [3.63, 3.8) is 0 Å². The summed E-state index contributed by atoms with van der Waals surface area (Å²) in [6.45, 7) is 2.05. The van der Waals surface area contributed by atoms with Crippen LogP contribution >= 0.6 is 0 Å². The lowest BCUT2D eigenvalue weighted by Gasteiger charge is -2.28. The first-order valence-electron chi connectivity index (χ1n) is 5.77. The minimum absolute atomic E-state index is 0.234. The Morgan fingerprint density at radius 2 is 2.18 bits per heavy atom. The maximum atomic E-state index is 13.5. The van der Waals surface area contributed by atoms with E-state index in [1.807, 2.05) is 18.9 Å². The second-order valence-corrected chi connectivity index (χ2v) is 4.63. The first-order valence-corrected chi connectivity index (χ1v) is 5.77. The summed E-state index contributed by atoms with van der Waals surface area (Å²) >= 11 is 0. The summed E-state index contributed by atoms with van der Waals surface area (Å²) in [5, 5.41) is 9.06. The number of halogens is 1. The van der Waals surface area contributed by atoms with Crippen LogP contribution in [0.5, 0.6) is 0 Å². The van der Waals surface area contributed by atoms with Crippen molar-refractivity contribution in [2.24, 2.45) is 5.92 Å². The number of hydrogen-bond donors (Lipinski definition) is 1. The van der Waals surface area contributed by atoms with Crippen LogP contribution in [0.2, 0.25) is 0 Å².